The first-order valence-electron chi connectivity index (χ1n) is 4.33. The van der Waals surface area contributed by atoms with E-state index in [-0.39, 0.29) is 5.91 Å². The molecule has 0 aromatic carbocycles. The van der Waals surface area contributed by atoms with Crippen LogP contribution in [-0.2, 0) is 11.3 Å². The summed E-state index contributed by atoms with van der Waals surface area (Å²) in [5.74, 6) is 0.746. The molecule has 0 atom stereocenters. The van der Waals surface area contributed by atoms with E-state index in [1.807, 2.05) is 6.92 Å². The minimum absolute atomic E-state index is 0.0261. The number of carbonyl (C=O) groups excluding carboxylic acids is 1. The quantitative estimate of drug-likeness (QED) is 0.825. The van der Waals surface area contributed by atoms with E-state index in [0.717, 1.165) is 11.5 Å². The second kappa shape index (κ2) is 5.70. The highest BCUT2D eigenvalue weighted by atomic mass is 79.9. The Bertz CT molecular complexity index is 317. The summed E-state index contributed by atoms with van der Waals surface area (Å²) in [6, 6.07) is 1.79. The Kier molecular flexibility index (Phi) is 4.52. The Morgan fingerprint density at radius 2 is 2.43 bits per heavy atom. The Labute approximate surface area is 91.3 Å². The first-order chi connectivity index (χ1) is 6.72. The zero-order chi connectivity index (χ0) is 10.4. The fourth-order valence-corrected chi connectivity index (χ4v) is 1.33. The maximum atomic E-state index is 11.1. The summed E-state index contributed by atoms with van der Waals surface area (Å²) in [6.07, 6.45) is 2.18. The molecule has 0 aliphatic carbocycles. The van der Waals surface area contributed by atoms with Gasteiger partial charge in [0.2, 0.25) is 5.91 Å². The second-order valence-electron chi connectivity index (χ2n) is 2.81. The van der Waals surface area contributed by atoms with Crippen LogP contribution < -0.4 is 5.32 Å². The zero-order valence-electron chi connectivity index (χ0n) is 7.96. The number of nitrogens with zero attached hydrogens (tertiary/aromatic N) is 2. The maximum Gasteiger partial charge on any atom is 0.221 e. The van der Waals surface area contributed by atoms with Crippen LogP contribution in [0.15, 0.2) is 12.3 Å². The van der Waals surface area contributed by atoms with Crippen LogP contribution >= 0.6 is 15.9 Å². The number of nitrogens with one attached hydrogen (secondary N) is 1. The normalized spacial score (nSPS) is 9.86. The molecular weight excluding hydrogens is 246 g/mol. The van der Waals surface area contributed by atoms with Crippen molar-refractivity contribution >= 4 is 21.8 Å². The van der Waals surface area contributed by atoms with Crippen LogP contribution in [0.4, 0.5) is 0 Å². The van der Waals surface area contributed by atoms with Gasteiger partial charge in [0.25, 0.3) is 0 Å². The molecule has 0 bridgehead atoms. The molecule has 0 aliphatic rings. The zero-order valence-corrected chi connectivity index (χ0v) is 9.54. The van der Waals surface area contributed by atoms with Gasteiger partial charge in [0, 0.05) is 17.9 Å². The number of halogens is 1. The monoisotopic (exact) mass is 257 g/mol. The molecule has 0 saturated carbocycles. The summed E-state index contributed by atoms with van der Waals surface area (Å²) in [7, 11) is 0. The number of aromatic nitrogens is 2. The third-order valence-electron chi connectivity index (χ3n) is 1.62. The minimum atomic E-state index is 0.0261. The van der Waals surface area contributed by atoms with E-state index in [2.05, 4.69) is 31.2 Å². The molecule has 76 valence electrons. The molecule has 0 spiro atoms. The van der Waals surface area contributed by atoms with Gasteiger partial charge in [-0.25, -0.2) is 9.97 Å². The number of aryl methyl sites for hydroxylation is 1. The van der Waals surface area contributed by atoms with Gasteiger partial charge in [-0.3, -0.25) is 4.79 Å². The third kappa shape index (κ3) is 3.83. The molecule has 0 unspecified atom stereocenters. The fraction of sp³-hybridized carbons (Fsp3) is 0.444. The molecule has 0 radical (unpaired) electrons. The predicted octanol–water partition coefficient (Wildman–Crippen LogP) is 1.19. The first-order valence-corrected chi connectivity index (χ1v) is 5.45. The van der Waals surface area contributed by atoms with Gasteiger partial charge in [0.1, 0.15) is 5.82 Å². The van der Waals surface area contributed by atoms with Crippen molar-refractivity contribution in [2.45, 2.75) is 19.9 Å². The van der Waals surface area contributed by atoms with Gasteiger partial charge in [-0.05, 0) is 13.0 Å². The van der Waals surface area contributed by atoms with Gasteiger partial charge < -0.3 is 5.32 Å². The van der Waals surface area contributed by atoms with Crippen molar-refractivity contribution in [2.24, 2.45) is 0 Å². The van der Waals surface area contributed by atoms with Crippen molar-refractivity contribution in [2.75, 3.05) is 5.33 Å². The predicted molar refractivity (Wildman–Crippen MR) is 57.0 cm³/mol. The van der Waals surface area contributed by atoms with Gasteiger partial charge >= 0.3 is 0 Å². The molecule has 0 saturated heterocycles. The third-order valence-corrected chi connectivity index (χ3v) is 2.02. The first kappa shape index (κ1) is 11.1. The maximum absolute atomic E-state index is 11.1. The molecule has 1 heterocycles. The van der Waals surface area contributed by atoms with Gasteiger partial charge in [-0.2, -0.15) is 0 Å². The Balaban J connectivity index is 2.41. The lowest BCUT2D eigenvalue weighted by atomic mass is 10.3. The summed E-state index contributed by atoms with van der Waals surface area (Å²) in [5.41, 5.74) is 0.834. The molecule has 5 heteroatoms. The minimum Gasteiger partial charge on any atom is -0.350 e. The molecular formula is C9H12BrN3O. The molecule has 14 heavy (non-hydrogen) atoms. The topological polar surface area (TPSA) is 54.9 Å². The molecule has 0 fully saturated rings. The van der Waals surface area contributed by atoms with Gasteiger partial charge in [-0.15, -0.1) is 0 Å². The Hall–Kier alpha value is -0.970. The highest BCUT2D eigenvalue weighted by molar-refractivity contribution is 9.09. The summed E-state index contributed by atoms with van der Waals surface area (Å²) >= 11 is 3.20. The summed E-state index contributed by atoms with van der Waals surface area (Å²) in [5, 5.41) is 3.45. The van der Waals surface area contributed by atoms with Crippen LogP contribution in [0.3, 0.4) is 0 Å². The Morgan fingerprint density at radius 3 is 3.07 bits per heavy atom. The van der Waals surface area contributed by atoms with Crippen LogP contribution in [0.25, 0.3) is 0 Å². The number of amides is 1. The van der Waals surface area contributed by atoms with Crippen LogP contribution in [-0.4, -0.2) is 21.2 Å². The van der Waals surface area contributed by atoms with Gasteiger partial charge in [0.15, 0.2) is 0 Å². The molecule has 1 N–H and O–H groups in total. The number of hydrogen-bond acceptors (Lipinski definition) is 3. The van der Waals surface area contributed by atoms with E-state index in [1.165, 1.54) is 0 Å². The van der Waals surface area contributed by atoms with E-state index in [9.17, 15) is 4.79 Å². The molecule has 1 rings (SSSR count). The van der Waals surface area contributed by atoms with E-state index in [1.54, 1.807) is 12.3 Å². The van der Waals surface area contributed by atoms with Crippen molar-refractivity contribution < 1.29 is 4.79 Å². The highest BCUT2D eigenvalue weighted by Gasteiger charge is 2.00. The van der Waals surface area contributed by atoms with E-state index in [0.29, 0.717) is 18.3 Å². The lowest BCUT2D eigenvalue weighted by molar-refractivity contribution is -0.120. The van der Waals surface area contributed by atoms with E-state index in [4.69, 9.17) is 0 Å². The lowest BCUT2D eigenvalue weighted by Gasteiger charge is -2.03. The SMILES string of the molecule is Cc1nccc(CNC(=O)CCBr)n1. The molecule has 4 nitrogen and oxygen atoms in total. The van der Waals surface area contributed by atoms with Gasteiger partial charge in [0.05, 0.1) is 12.2 Å². The highest BCUT2D eigenvalue weighted by Crippen LogP contribution is 1.94. The number of alkyl halides is 1. The van der Waals surface area contributed by atoms with Crippen LogP contribution in [0.1, 0.15) is 17.9 Å². The Morgan fingerprint density at radius 1 is 1.64 bits per heavy atom. The molecule has 1 amide bonds. The summed E-state index contributed by atoms with van der Waals surface area (Å²) in [4.78, 5) is 19.3. The number of rotatable bonds is 4. The van der Waals surface area contributed by atoms with Gasteiger partial charge in [-0.1, -0.05) is 15.9 Å². The van der Waals surface area contributed by atoms with Crippen molar-refractivity contribution in [1.82, 2.24) is 15.3 Å². The van der Waals surface area contributed by atoms with Crippen LogP contribution in [0, 0.1) is 6.92 Å². The molecule has 0 aliphatic heterocycles. The van der Waals surface area contributed by atoms with Crippen molar-refractivity contribution in [3.8, 4) is 0 Å². The average molecular weight is 258 g/mol. The van der Waals surface area contributed by atoms with Crippen LogP contribution in [0.2, 0.25) is 0 Å². The summed E-state index contributed by atoms with van der Waals surface area (Å²) in [6.45, 7) is 2.29. The van der Waals surface area contributed by atoms with Crippen molar-refractivity contribution in [1.29, 1.82) is 0 Å². The molecule has 1 aromatic rings. The number of carbonyl (C=O) groups is 1. The van der Waals surface area contributed by atoms with Crippen LogP contribution in [0.5, 0.6) is 0 Å². The largest absolute Gasteiger partial charge is 0.350 e. The van der Waals surface area contributed by atoms with Crippen molar-refractivity contribution in [3.63, 3.8) is 0 Å². The lowest BCUT2D eigenvalue weighted by Crippen LogP contribution is -2.23. The van der Waals surface area contributed by atoms with E-state index < -0.39 is 0 Å². The average Bonchev–Trinajstić information content (AvgIpc) is 2.15. The van der Waals surface area contributed by atoms with E-state index >= 15 is 0 Å². The fourth-order valence-electron chi connectivity index (χ4n) is 0.967. The standard InChI is InChI=1S/C9H12BrN3O/c1-7-11-5-3-8(13-7)6-12-9(14)2-4-10/h3,5H,2,4,6H2,1H3,(H,12,14). The molecule has 1 aromatic heterocycles. The number of hydrogen-bond donors (Lipinski definition) is 1. The smallest absolute Gasteiger partial charge is 0.221 e. The van der Waals surface area contributed by atoms with Crippen molar-refractivity contribution in [3.05, 3.63) is 23.8 Å². The second-order valence-corrected chi connectivity index (χ2v) is 3.60. The summed E-state index contributed by atoms with van der Waals surface area (Å²) < 4.78 is 0.